The first-order chi connectivity index (χ1) is 14.8. The Labute approximate surface area is 181 Å². The zero-order valence-electron chi connectivity index (χ0n) is 16.1. The fourth-order valence-corrected chi connectivity index (χ4v) is 5.35. The van der Waals surface area contributed by atoms with Crippen LogP contribution in [-0.4, -0.2) is 33.2 Å². The monoisotopic (exact) mass is 437 g/mol. The topological polar surface area (TPSA) is 84.2 Å². The molecule has 0 radical (unpaired) electrons. The van der Waals surface area contributed by atoms with E-state index in [9.17, 15) is 4.79 Å². The Hall–Kier alpha value is -2.91. The molecular formula is C21H19N5O2S2. The van der Waals surface area contributed by atoms with Crippen molar-refractivity contribution in [2.45, 2.75) is 24.5 Å². The minimum absolute atomic E-state index is 0.0689. The van der Waals surface area contributed by atoms with Crippen molar-refractivity contribution < 1.29 is 9.21 Å². The molecule has 1 aromatic carbocycles. The number of hydrogen-bond acceptors (Lipinski definition) is 8. The number of carbonyl (C=O) groups excluding carboxylic acids is 1. The van der Waals surface area contributed by atoms with Crippen LogP contribution in [0.2, 0.25) is 0 Å². The lowest BCUT2D eigenvalue weighted by Gasteiger charge is -2.28. The maximum Gasteiger partial charge on any atom is 0.230 e. The second kappa shape index (κ2) is 8.45. The van der Waals surface area contributed by atoms with E-state index in [0.29, 0.717) is 12.2 Å². The van der Waals surface area contributed by atoms with Gasteiger partial charge in [0.15, 0.2) is 10.8 Å². The maximum atomic E-state index is 12.2. The molecule has 9 heteroatoms. The number of thioether (sulfide) groups is 1. The first-order valence-corrected chi connectivity index (χ1v) is 11.4. The fourth-order valence-electron chi connectivity index (χ4n) is 3.40. The van der Waals surface area contributed by atoms with Crippen LogP contribution in [0.5, 0.6) is 0 Å². The highest BCUT2D eigenvalue weighted by atomic mass is 32.2. The van der Waals surface area contributed by atoms with E-state index < -0.39 is 0 Å². The van der Waals surface area contributed by atoms with Gasteiger partial charge < -0.3 is 14.6 Å². The molecular weight excluding hydrogens is 418 g/mol. The summed E-state index contributed by atoms with van der Waals surface area (Å²) < 4.78 is 6.16. The zero-order chi connectivity index (χ0) is 20.3. The van der Waals surface area contributed by atoms with Crippen molar-refractivity contribution in [2.75, 3.05) is 17.2 Å². The summed E-state index contributed by atoms with van der Waals surface area (Å²) in [5.41, 5.74) is 3.44. The smallest absolute Gasteiger partial charge is 0.230 e. The summed E-state index contributed by atoms with van der Waals surface area (Å²) in [5, 5.41) is 4.59. The predicted octanol–water partition coefficient (Wildman–Crippen LogP) is 3.65. The third-order valence-corrected chi connectivity index (χ3v) is 7.16. The van der Waals surface area contributed by atoms with Gasteiger partial charge >= 0.3 is 0 Å². The third kappa shape index (κ3) is 4.03. The average molecular weight is 438 g/mol. The van der Waals surface area contributed by atoms with Gasteiger partial charge in [-0.3, -0.25) is 4.79 Å². The van der Waals surface area contributed by atoms with Gasteiger partial charge in [0.25, 0.3) is 0 Å². The lowest BCUT2D eigenvalue weighted by Crippen LogP contribution is -2.30. The molecule has 7 nitrogen and oxygen atoms in total. The van der Waals surface area contributed by atoms with Crippen LogP contribution in [0, 0.1) is 0 Å². The highest BCUT2D eigenvalue weighted by Gasteiger charge is 2.21. The normalized spacial score (nSPS) is 13.4. The Kier molecular flexibility index (Phi) is 5.37. The van der Waals surface area contributed by atoms with Crippen molar-refractivity contribution >= 4 is 44.5 Å². The summed E-state index contributed by atoms with van der Waals surface area (Å²) in [7, 11) is 0. The molecule has 0 atom stereocenters. The van der Waals surface area contributed by atoms with Crippen LogP contribution in [0.3, 0.4) is 0 Å². The van der Waals surface area contributed by atoms with E-state index in [1.54, 1.807) is 23.7 Å². The van der Waals surface area contributed by atoms with Crippen LogP contribution in [0.4, 0.5) is 5.13 Å². The Balaban J connectivity index is 1.28. The number of furan rings is 1. The van der Waals surface area contributed by atoms with Gasteiger partial charge in [0.2, 0.25) is 5.91 Å². The van der Waals surface area contributed by atoms with Crippen molar-refractivity contribution in [2.24, 2.45) is 0 Å². The number of benzene rings is 1. The Morgan fingerprint density at radius 1 is 1.20 bits per heavy atom. The number of thiazole rings is 1. The minimum Gasteiger partial charge on any atom is -0.467 e. The molecule has 3 aromatic heterocycles. The molecule has 0 spiro atoms. The molecule has 1 N–H and O–H groups in total. The van der Waals surface area contributed by atoms with Crippen molar-refractivity contribution in [3.05, 3.63) is 65.9 Å². The van der Waals surface area contributed by atoms with Gasteiger partial charge in [0.05, 0.1) is 18.6 Å². The molecule has 30 heavy (non-hydrogen) atoms. The zero-order valence-corrected chi connectivity index (χ0v) is 17.7. The average Bonchev–Trinajstić information content (AvgIpc) is 3.46. The summed E-state index contributed by atoms with van der Waals surface area (Å²) in [6, 6.07) is 12.2. The van der Waals surface area contributed by atoms with Crippen molar-refractivity contribution in [1.82, 2.24) is 20.3 Å². The Morgan fingerprint density at radius 3 is 2.97 bits per heavy atom. The number of nitrogens with zero attached hydrogens (tertiary/aromatic N) is 4. The standard InChI is InChI=1S/C21H19N5O2S2/c27-17(22-10-16-6-3-9-28-16)12-29-20-18-19(23-13-24-20)25-21(30-18)26-8-7-14-4-1-2-5-15(14)11-26/h1-6,9,13H,7-8,10-12H2,(H,22,27). The van der Waals surface area contributed by atoms with Crippen molar-refractivity contribution in [3.63, 3.8) is 0 Å². The molecule has 0 unspecified atom stereocenters. The van der Waals surface area contributed by atoms with Crippen LogP contribution >= 0.6 is 23.1 Å². The second-order valence-electron chi connectivity index (χ2n) is 6.91. The summed E-state index contributed by atoms with van der Waals surface area (Å²) in [6.07, 6.45) is 4.12. The van der Waals surface area contributed by atoms with Crippen molar-refractivity contribution in [3.8, 4) is 0 Å². The molecule has 0 fully saturated rings. The van der Waals surface area contributed by atoms with Gasteiger partial charge in [0.1, 0.15) is 21.8 Å². The molecule has 152 valence electrons. The van der Waals surface area contributed by atoms with Crippen LogP contribution in [-0.2, 0) is 24.3 Å². The SMILES string of the molecule is O=C(CSc1ncnc2nc(N3CCc4ccccc4C3)sc12)NCc1ccco1. The second-order valence-corrected chi connectivity index (χ2v) is 8.85. The van der Waals surface area contributed by atoms with Crippen LogP contribution in [0.25, 0.3) is 10.3 Å². The third-order valence-electron chi connectivity index (χ3n) is 4.93. The van der Waals surface area contributed by atoms with Crippen LogP contribution in [0.15, 0.2) is 58.4 Å². The summed E-state index contributed by atoms with van der Waals surface area (Å²) in [4.78, 5) is 27.9. The minimum atomic E-state index is -0.0689. The number of fused-ring (bicyclic) bond motifs is 2. The lowest BCUT2D eigenvalue weighted by molar-refractivity contribution is -0.118. The number of amides is 1. The summed E-state index contributed by atoms with van der Waals surface area (Å²) in [6.45, 7) is 2.16. The predicted molar refractivity (Wildman–Crippen MR) is 118 cm³/mol. The molecule has 0 saturated carbocycles. The van der Waals surface area contributed by atoms with E-state index in [1.165, 1.54) is 29.2 Å². The Morgan fingerprint density at radius 2 is 2.10 bits per heavy atom. The first-order valence-electron chi connectivity index (χ1n) is 9.61. The number of anilines is 1. The van der Waals surface area contributed by atoms with Gasteiger partial charge in [-0.2, -0.15) is 4.98 Å². The molecule has 4 heterocycles. The van der Waals surface area contributed by atoms with E-state index in [4.69, 9.17) is 9.40 Å². The Bertz CT molecular complexity index is 1180. The molecule has 0 saturated heterocycles. The fraction of sp³-hybridized carbons (Fsp3) is 0.238. The molecule has 4 aromatic rings. The first kappa shape index (κ1) is 19.1. The number of nitrogens with one attached hydrogen (secondary N) is 1. The molecule has 1 amide bonds. The highest BCUT2D eigenvalue weighted by molar-refractivity contribution is 8.00. The number of rotatable bonds is 6. The van der Waals surface area contributed by atoms with E-state index in [1.807, 2.05) is 6.07 Å². The summed E-state index contributed by atoms with van der Waals surface area (Å²) >= 11 is 2.99. The molecule has 1 aliphatic heterocycles. The summed E-state index contributed by atoms with van der Waals surface area (Å²) in [5.74, 6) is 0.936. The number of hydrogen-bond donors (Lipinski definition) is 1. The maximum absolute atomic E-state index is 12.2. The molecule has 0 aliphatic carbocycles. The number of carbonyl (C=O) groups is 1. The van der Waals surface area contributed by atoms with Crippen LogP contribution < -0.4 is 10.2 Å². The number of aromatic nitrogens is 3. The van der Waals surface area contributed by atoms with Gasteiger partial charge in [-0.25, -0.2) is 9.97 Å². The highest BCUT2D eigenvalue weighted by Crippen LogP contribution is 2.35. The van der Waals surface area contributed by atoms with E-state index in [0.717, 1.165) is 40.1 Å². The van der Waals surface area contributed by atoms with Crippen LogP contribution in [0.1, 0.15) is 16.9 Å². The largest absolute Gasteiger partial charge is 0.467 e. The molecule has 1 aliphatic rings. The lowest BCUT2D eigenvalue weighted by atomic mass is 10.0. The van der Waals surface area contributed by atoms with Gasteiger partial charge in [-0.05, 0) is 29.7 Å². The van der Waals surface area contributed by atoms with Gasteiger partial charge in [0, 0.05) is 13.1 Å². The van der Waals surface area contributed by atoms with E-state index in [-0.39, 0.29) is 11.7 Å². The van der Waals surface area contributed by atoms with Crippen molar-refractivity contribution in [1.29, 1.82) is 0 Å². The van der Waals surface area contributed by atoms with Gasteiger partial charge in [-0.15, -0.1) is 0 Å². The van der Waals surface area contributed by atoms with E-state index >= 15 is 0 Å². The quantitative estimate of drug-likeness (QED) is 0.364. The molecule has 0 bridgehead atoms. The van der Waals surface area contributed by atoms with E-state index in [2.05, 4.69) is 44.5 Å². The van der Waals surface area contributed by atoms with Gasteiger partial charge in [-0.1, -0.05) is 47.4 Å². The molecule has 5 rings (SSSR count).